The molecule has 0 aliphatic rings. The fraction of sp³-hybridized carbons (Fsp3) is 0.167. The van der Waals surface area contributed by atoms with Crippen molar-refractivity contribution in [3.63, 3.8) is 0 Å². The van der Waals surface area contributed by atoms with Crippen molar-refractivity contribution in [2.75, 3.05) is 0 Å². The van der Waals surface area contributed by atoms with Crippen LogP contribution in [0.1, 0.15) is 40.1 Å². The van der Waals surface area contributed by atoms with Crippen molar-refractivity contribution in [2.24, 2.45) is 0 Å². The third kappa shape index (κ3) is 4.42. The highest BCUT2D eigenvalue weighted by Crippen LogP contribution is 2.23. The second-order valence-corrected chi connectivity index (χ2v) is 5.44. The fourth-order valence-corrected chi connectivity index (χ4v) is 2.16. The highest BCUT2D eigenvalue weighted by Gasteiger charge is 2.22. The van der Waals surface area contributed by atoms with Gasteiger partial charge >= 0.3 is 12.1 Å². The molecule has 2 rings (SSSR count). The number of carbonyl (C=O) groups excluding carboxylic acids is 3. The number of hydrogen-bond donors (Lipinski definition) is 2. The first-order valence-corrected chi connectivity index (χ1v) is 7.51. The van der Waals surface area contributed by atoms with Crippen LogP contribution in [0.2, 0.25) is 0 Å². The van der Waals surface area contributed by atoms with Crippen molar-refractivity contribution < 1.29 is 29.3 Å². The lowest BCUT2D eigenvalue weighted by atomic mass is 9.98. The predicted molar refractivity (Wildman–Crippen MR) is 88.7 cm³/mol. The van der Waals surface area contributed by atoms with Crippen molar-refractivity contribution in [2.45, 2.75) is 19.9 Å². The number of benzene rings is 2. The molecular weight excluding hydrogens is 326 g/mol. The Hall–Kier alpha value is -3.19. The number of para-hydroxylation sites is 1. The van der Waals surface area contributed by atoms with E-state index in [4.69, 9.17) is 9.99 Å². The molecule has 0 spiro atoms. The average molecular weight is 343 g/mol. The molecular formula is C18H17NO6. The van der Waals surface area contributed by atoms with Crippen LogP contribution in [0, 0.1) is 0 Å². The molecule has 0 saturated carbocycles. The first-order valence-electron chi connectivity index (χ1n) is 7.51. The van der Waals surface area contributed by atoms with Crippen LogP contribution in [0.5, 0.6) is 5.75 Å². The Morgan fingerprint density at radius 1 is 0.920 bits per heavy atom. The van der Waals surface area contributed by atoms with Gasteiger partial charge in [-0.15, -0.1) is 0 Å². The molecule has 7 nitrogen and oxygen atoms in total. The van der Waals surface area contributed by atoms with Gasteiger partial charge in [0.2, 0.25) is 0 Å². The van der Waals surface area contributed by atoms with E-state index in [2.05, 4.69) is 10.2 Å². The Balaban J connectivity index is 2.38. The van der Waals surface area contributed by atoms with Gasteiger partial charge in [-0.05, 0) is 32.0 Å². The lowest BCUT2D eigenvalue weighted by Crippen LogP contribution is -2.33. The molecule has 0 fully saturated rings. The Kier molecular flexibility index (Phi) is 5.86. The van der Waals surface area contributed by atoms with E-state index < -0.39 is 17.8 Å². The van der Waals surface area contributed by atoms with Crippen molar-refractivity contribution >= 4 is 17.8 Å². The fourth-order valence-electron chi connectivity index (χ4n) is 2.16. The molecule has 0 radical (unpaired) electrons. The number of ether oxygens (including phenoxy) is 1. The summed E-state index contributed by atoms with van der Waals surface area (Å²) < 4.78 is 5.19. The van der Waals surface area contributed by atoms with Crippen LogP contribution in [0.4, 0.5) is 4.79 Å². The van der Waals surface area contributed by atoms with Crippen LogP contribution in [0.3, 0.4) is 0 Å². The first-order chi connectivity index (χ1) is 11.9. The number of rotatable bonds is 5. The van der Waals surface area contributed by atoms with Gasteiger partial charge in [-0.25, -0.2) is 9.59 Å². The zero-order chi connectivity index (χ0) is 18.4. The van der Waals surface area contributed by atoms with Crippen LogP contribution in [-0.4, -0.2) is 29.1 Å². The Morgan fingerprint density at radius 2 is 1.48 bits per heavy atom. The maximum Gasteiger partial charge on any atom is 0.412 e. The smallest absolute Gasteiger partial charge is 0.410 e. The highest BCUT2D eigenvalue weighted by molar-refractivity contribution is 6.15. The summed E-state index contributed by atoms with van der Waals surface area (Å²) in [5.41, 5.74) is 0.0119. The van der Waals surface area contributed by atoms with E-state index in [1.807, 2.05) is 0 Å². The summed E-state index contributed by atoms with van der Waals surface area (Å²) in [5, 5.41) is 11.1. The van der Waals surface area contributed by atoms with Crippen molar-refractivity contribution in [1.82, 2.24) is 5.32 Å². The van der Waals surface area contributed by atoms with Crippen LogP contribution >= 0.6 is 0 Å². The molecule has 2 aromatic rings. The third-order valence-corrected chi connectivity index (χ3v) is 3.22. The number of ketones is 1. The lowest BCUT2D eigenvalue weighted by molar-refractivity contribution is -0.182. The predicted octanol–water partition coefficient (Wildman–Crippen LogP) is 3.04. The molecule has 0 aromatic heterocycles. The molecule has 0 atom stereocenters. The summed E-state index contributed by atoms with van der Waals surface area (Å²) in [4.78, 5) is 40.0. The van der Waals surface area contributed by atoms with Gasteiger partial charge in [0.15, 0.2) is 5.78 Å². The zero-order valence-electron chi connectivity index (χ0n) is 13.7. The van der Waals surface area contributed by atoms with Crippen LogP contribution in [0.25, 0.3) is 0 Å². The molecule has 0 aliphatic heterocycles. The quantitative estimate of drug-likeness (QED) is 0.491. The van der Waals surface area contributed by atoms with E-state index in [1.54, 1.807) is 32.0 Å². The number of hydrogen-bond acceptors (Lipinski definition) is 6. The Bertz CT molecular complexity index is 800. The molecule has 1 amide bonds. The molecule has 130 valence electrons. The summed E-state index contributed by atoms with van der Waals surface area (Å²) in [6, 6.07) is 11.9. The van der Waals surface area contributed by atoms with E-state index in [0.29, 0.717) is 0 Å². The van der Waals surface area contributed by atoms with Crippen LogP contribution in [0.15, 0.2) is 48.5 Å². The van der Waals surface area contributed by atoms with Crippen LogP contribution < -0.4 is 10.1 Å². The first kappa shape index (κ1) is 18.2. The molecule has 2 N–H and O–H groups in total. The van der Waals surface area contributed by atoms with E-state index in [9.17, 15) is 14.4 Å². The summed E-state index contributed by atoms with van der Waals surface area (Å²) in [7, 11) is 0. The summed E-state index contributed by atoms with van der Waals surface area (Å²) in [6.45, 7) is 3.55. The molecule has 7 heteroatoms. The maximum atomic E-state index is 12.8. The van der Waals surface area contributed by atoms with Crippen molar-refractivity contribution in [3.8, 4) is 5.75 Å². The minimum Gasteiger partial charge on any atom is -0.410 e. The van der Waals surface area contributed by atoms with Gasteiger partial charge in [-0.2, -0.15) is 5.26 Å². The Morgan fingerprint density at radius 3 is 2.08 bits per heavy atom. The normalized spacial score (nSPS) is 10.2. The SMILES string of the molecule is CC(C)NC(=O)Oc1ccccc1C(=O)c1ccccc1C(=O)OO. The number of nitrogens with one attached hydrogen (secondary N) is 1. The van der Waals surface area contributed by atoms with Gasteiger partial charge in [0.1, 0.15) is 5.75 Å². The molecule has 2 aromatic carbocycles. The van der Waals surface area contributed by atoms with Gasteiger partial charge in [0, 0.05) is 11.6 Å². The second-order valence-electron chi connectivity index (χ2n) is 5.44. The minimum absolute atomic E-state index is 0.0156. The number of carbonyl (C=O) groups is 3. The van der Waals surface area contributed by atoms with Gasteiger partial charge in [-0.1, -0.05) is 30.3 Å². The minimum atomic E-state index is -1.06. The average Bonchev–Trinajstić information content (AvgIpc) is 2.60. The molecule has 0 heterocycles. The van der Waals surface area contributed by atoms with Crippen LogP contribution in [-0.2, 0) is 4.89 Å². The summed E-state index contributed by atoms with van der Waals surface area (Å²) in [6.07, 6.45) is -0.696. The lowest BCUT2D eigenvalue weighted by Gasteiger charge is -2.12. The van der Waals surface area contributed by atoms with E-state index in [1.165, 1.54) is 30.3 Å². The Labute approximate surface area is 144 Å². The molecule has 0 bridgehead atoms. The second kappa shape index (κ2) is 8.07. The standard InChI is InChI=1S/C18H17NO6/c1-11(2)19-18(22)24-15-10-6-5-9-14(15)16(20)12-7-3-4-8-13(12)17(21)25-23/h3-11,23H,1-2H3,(H,19,22). The van der Waals surface area contributed by atoms with E-state index in [-0.39, 0.29) is 28.5 Å². The van der Waals surface area contributed by atoms with Gasteiger partial charge in [0.05, 0.1) is 11.1 Å². The van der Waals surface area contributed by atoms with Crippen molar-refractivity contribution in [1.29, 1.82) is 0 Å². The molecule has 0 aliphatic carbocycles. The third-order valence-electron chi connectivity index (χ3n) is 3.22. The highest BCUT2D eigenvalue weighted by atomic mass is 17.1. The summed E-state index contributed by atoms with van der Waals surface area (Å²) in [5.74, 6) is -1.55. The molecule has 0 saturated heterocycles. The van der Waals surface area contributed by atoms with Gasteiger partial charge in [0.25, 0.3) is 0 Å². The van der Waals surface area contributed by atoms with Crippen molar-refractivity contribution in [3.05, 3.63) is 65.2 Å². The topological polar surface area (TPSA) is 102 Å². The van der Waals surface area contributed by atoms with E-state index >= 15 is 0 Å². The molecule has 25 heavy (non-hydrogen) atoms. The zero-order valence-corrected chi connectivity index (χ0v) is 13.7. The van der Waals surface area contributed by atoms with E-state index in [0.717, 1.165) is 0 Å². The molecule has 0 unspecified atom stereocenters. The van der Waals surface area contributed by atoms with Gasteiger partial charge in [-0.3, -0.25) is 9.68 Å². The van der Waals surface area contributed by atoms with Gasteiger partial charge < -0.3 is 10.1 Å². The summed E-state index contributed by atoms with van der Waals surface area (Å²) >= 11 is 0. The maximum absolute atomic E-state index is 12.8. The number of amides is 1. The monoisotopic (exact) mass is 343 g/mol. The largest absolute Gasteiger partial charge is 0.412 e.